The van der Waals surface area contributed by atoms with Crippen LogP contribution in [-0.4, -0.2) is 16.6 Å². The summed E-state index contributed by atoms with van der Waals surface area (Å²) < 4.78 is 13.1. The van der Waals surface area contributed by atoms with Crippen molar-refractivity contribution in [3.63, 3.8) is 0 Å². The van der Waals surface area contributed by atoms with E-state index in [9.17, 15) is 9.18 Å². The summed E-state index contributed by atoms with van der Waals surface area (Å²) in [6.07, 6.45) is 1.03. The van der Waals surface area contributed by atoms with Crippen molar-refractivity contribution in [2.45, 2.75) is 25.8 Å². The van der Waals surface area contributed by atoms with Crippen molar-refractivity contribution in [3.05, 3.63) is 71.5 Å². The summed E-state index contributed by atoms with van der Waals surface area (Å²) in [7, 11) is 0. The first kappa shape index (κ1) is 14.4. The Morgan fingerprint density at radius 3 is 2.50 bits per heavy atom. The summed E-state index contributed by atoms with van der Waals surface area (Å²) in [5, 5.41) is 6.05. The van der Waals surface area contributed by atoms with Crippen LogP contribution >= 0.6 is 0 Å². The summed E-state index contributed by atoms with van der Waals surface area (Å²) in [5.41, 5.74) is 2.80. The Hall–Kier alpha value is -2.49. The van der Waals surface area contributed by atoms with Crippen LogP contribution in [0.15, 0.2) is 59.7 Å². The molecule has 1 aliphatic heterocycles. The predicted molar refractivity (Wildman–Crippen MR) is 83.9 cm³/mol. The molecule has 2 aromatic rings. The number of rotatable bonds is 3. The second-order valence-corrected chi connectivity index (χ2v) is 5.28. The van der Waals surface area contributed by atoms with Crippen LogP contribution in [0.3, 0.4) is 0 Å². The summed E-state index contributed by atoms with van der Waals surface area (Å²) >= 11 is 0. The molecule has 0 saturated carbocycles. The number of amides is 1. The van der Waals surface area contributed by atoms with E-state index in [1.807, 2.05) is 37.3 Å². The maximum Gasteiger partial charge on any atom is 0.242 e. The first-order valence-corrected chi connectivity index (χ1v) is 7.39. The fraction of sp³-hybridized carbons (Fsp3) is 0.222. The van der Waals surface area contributed by atoms with Gasteiger partial charge in [0.1, 0.15) is 5.82 Å². The Morgan fingerprint density at radius 2 is 1.86 bits per heavy atom. The van der Waals surface area contributed by atoms with Crippen LogP contribution in [0.1, 0.15) is 36.9 Å². The molecule has 3 nitrogen and oxygen atoms in total. The Bertz CT molecular complexity index is 695. The number of nitrogens with zero attached hydrogens (tertiary/aromatic N) is 2. The first-order valence-electron chi connectivity index (χ1n) is 7.39. The molecular formula is C18H17FN2O. The minimum atomic E-state index is -0.278. The minimum absolute atomic E-state index is 0.0275. The van der Waals surface area contributed by atoms with Gasteiger partial charge in [-0.3, -0.25) is 4.79 Å². The highest BCUT2D eigenvalue weighted by molar-refractivity contribution is 6.03. The third kappa shape index (κ3) is 2.77. The van der Waals surface area contributed by atoms with Crippen LogP contribution in [0.5, 0.6) is 0 Å². The lowest BCUT2D eigenvalue weighted by Crippen LogP contribution is -2.26. The van der Waals surface area contributed by atoms with Crippen molar-refractivity contribution >= 4 is 11.6 Å². The third-order valence-electron chi connectivity index (χ3n) is 3.83. The molecular weight excluding hydrogens is 279 g/mol. The zero-order chi connectivity index (χ0) is 15.5. The number of benzene rings is 2. The van der Waals surface area contributed by atoms with E-state index in [0.29, 0.717) is 12.8 Å². The van der Waals surface area contributed by atoms with Gasteiger partial charge in [0, 0.05) is 12.8 Å². The van der Waals surface area contributed by atoms with Crippen LogP contribution in [-0.2, 0) is 4.79 Å². The Balaban J connectivity index is 1.94. The summed E-state index contributed by atoms with van der Waals surface area (Å²) in [6, 6.07) is 16.0. The van der Waals surface area contributed by atoms with Crippen LogP contribution in [0.4, 0.5) is 4.39 Å². The van der Waals surface area contributed by atoms with Gasteiger partial charge < -0.3 is 0 Å². The highest BCUT2D eigenvalue weighted by Crippen LogP contribution is 2.33. The molecule has 0 aromatic heterocycles. The fourth-order valence-electron chi connectivity index (χ4n) is 2.65. The number of hydrogen-bond acceptors (Lipinski definition) is 2. The molecule has 4 heteroatoms. The van der Waals surface area contributed by atoms with Crippen LogP contribution in [0.25, 0.3) is 0 Å². The molecule has 0 spiro atoms. The van der Waals surface area contributed by atoms with Crippen LogP contribution in [0, 0.1) is 5.82 Å². The topological polar surface area (TPSA) is 32.7 Å². The molecule has 2 aromatic carbocycles. The van der Waals surface area contributed by atoms with Gasteiger partial charge in [-0.15, -0.1) is 0 Å². The predicted octanol–water partition coefficient (Wildman–Crippen LogP) is 3.91. The quantitative estimate of drug-likeness (QED) is 0.845. The Labute approximate surface area is 129 Å². The van der Waals surface area contributed by atoms with E-state index in [0.717, 1.165) is 16.8 Å². The van der Waals surface area contributed by atoms with Crippen molar-refractivity contribution in [1.82, 2.24) is 5.01 Å². The number of carbonyl (C=O) groups excluding carboxylic acids is 1. The standard InChI is InChI=1S/C18H17FN2O/c1-2-18(22)21-17(14-8-10-15(19)11-9-14)12-16(20-21)13-6-4-3-5-7-13/h3-11,17H,2,12H2,1H3. The number of hydrogen-bond donors (Lipinski definition) is 0. The molecule has 0 N–H and O–H groups in total. The zero-order valence-electron chi connectivity index (χ0n) is 12.4. The second-order valence-electron chi connectivity index (χ2n) is 5.28. The third-order valence-corrected chi connectivity index (χ3v) is 3.83. The molecule has 22 heavy (non-hydrogen) atoms. The van der Waals surface area contributed by atoms with Gasteiger partial charge >= 0.3 is 0 Å². The minimum Gasteiger partial charge on any atom is -0.273 e. The number of halogens is 1. The Morgan fingerprint density at radius 1 is 1.18 bits per heavy atom. The smallest absolute Gasteiger partial charge is 0.242 e. The van der Waals surface area contributed by atoms with Gasteiger partial charge in [-0.05, 0) is 23.3 Å². The van der Waals surface area contributed by atoms with Gasteiger partial charge in [-0.1, -0.05) is 49.4 Å². The molecule has 0 saturated heterocycles. The summed E-state index contributed by atoms with van der Waals surface area (Å²) in [6.45, 7) is 1.82. The van der Waals surface area contributed by atoms with Crippen LogP contribution in [0.2, 0.25) is 0 Å². The lowest BCUT2D eigenvalue weighted by Gasteiger charge is -2.21. The highest BCUT2D eigenvalue weighted by Gasteiger charge is 2.32. The lowest BCUT2D eigenvalue weighted by molar-refractivity contribution is -0.132. The van der Waals surface area contributed by atoms with Crippen molar-refractivity contribution in [2.24, 2.45) is 5.10 Å². The van der Waals surface area contributed by atoms with Gasteiger partial charge in [0.15, 0.2) is 0 Å². The largest absolute Gasteiger partial charge is 0.273 e. The number of hydrazone groups is 1. The van der Waals surface area contributed by atoms with Crippen molar-refractivity contribution in [2.75, 3.05) is 0 Å². The maximum absolute atomic E-state index is 13.1. The van der Waals surface area contributed by atoms with Crippen molar-refractivity contribution in [3.8, 4) is 0 Å². The van der Waals surface area contributed by atoms with E-state index >= 15 is 0 Å². The van der Waals surface area contributed by atoms with Gasteiger partial charge in [-0.25, -0.2) is 9.40 Å². The maximum atomic E-state index is 13.1. The zero-order valence-corrected chi connectivity index (χ0v) is 12.4. The fourth-order valence-corrected chi connectivity index (χ4v) is 2.65. The molecule has 0 bridgehead atoms. The summed E-state index contributed by atoms with van der Waals surface area (Å²) in [5.74, 6) is -0.306. The van der Waals surface area contributed by atoms with E-state index in [1.165, 1.54) is 17.1 Å². The van der Waals surface area contributed by atoms with Gasteiger partial charge in [-0.2, -0.15) is 5.10 Å². The summed E-state index contributed by atoms with van der Waals surface area (Å²) in [4.78, 5) is 12.2. The average Bonchev–Trinajstić information content (AvgIpc) is 3.01. The molecule has 0 fully saturated rings. The van der Waals surface area contributed by atoms with Crippen molar-refractivity contribution in [1.29, 1.82) is 0 Å². The van der Waals surface area contributed by atoms with E-state index in [2.05, 4.69) is 5.10 Å². The molecule has 1 aliphatic rings. The molecule has 1 atom stereocenters. The van der Waals surface area contributed by atoms with E-state index < -0.39 is 0 Å². The number of carbonyl (C=O) groups is 1. The van der Waals surface area contributed by atoms with E-state index in [-0.39, 0.29) is 17.8 Å². The SMILES string of the molecule is CCC(=O)N1N=C(c2ccccc2)CC1c1ccc(F)cc1. The first-order chi connectivity index (χ1) is 10.7. The molecule has 0 radical (unpaired) electrons. The molecule has 0 aliphatic carbocycles. The molecule has 112 valence electrons. The second kappa shape index (κ2) is 6.10. The molecule has 1 amide bonds. The highest BCUT2D eigenvalue weighted by atomic mass is 19.1. The van der Waals surface area contributed by atoms with Gasteiger partial charge in [0.05, 0.1) is 11.8 Å². The Kier molecular flexibility index (Phi) is 4.00. The van der Waals surface area contributed by atoms with Gasteiger partial charge in [0.2, 0.25) is 5.91 Å². The average molecular weight is 296 g/mol. The molecule has 1 heterocycles. The van der Waals surface area contributed by atoms with E-state index in [1.54, 1.807) is 12.1 Å². The normalized spacial score (nSPS) is 17.5. The van der Waals surface area contributed by atoms with Crippen LogP contribution < -0.4 is 0 Å². The van der Waals surface area contributed by atoms with Gasteiger partial charge in [0.25, 0.3) is 0 Å². The molecule has 1 unspecified atom stereocenters. The van der Waals surface area contributed by atoms with E-state index in [4.69, 9.17) is 0 Å². The van der Waals surface area contributed by atoms with Crippen molar-refractivity contribution < 1.29 is 9.18 Å². The lowest BCUT2D eigenvalue weighted by atomic mass is 9.98. The monoisotopic (exact) mass is 296 g/mol. The molecule has 3 rings (SSSR count).